The average molecular weight is 296 g/mol. The third-order valence-electron chi connectivity index (χ3n) is 1.79. The predicted molar refractivity (Wildman–Crippen MR) is 58.1 cm³/mol. The molecule has 1 atom stereocenters. The molecule has 0 fully saturated rings. The van der Waals surface area contributed by atoms with E-state index >= 15 is 0 Å². The van der Waals surface area contributed by atoms with Gasteiger partial charge in [0.1, 0.15) is 5.69 Å². The number of ether oxygens (including phenoxy) is 1. The Morgan fingerprint density at radius 3 is 2.56 bits per heavy atom. The second-order valence-corrected chi connectivity index (χ2v) is 4.38. The van der Waals surface area contributed by atoms with Gasteiger partial charge in [-0.15, -0.1) is 0 Å². The van der Waals surface area contributed by atoms with Crippen LogP contribution in [0.4, 0.5) is 8.78 Å². The second kappa shape index (κ2) is 5.65. The maximum absolute atomic E-state index is 12.7. The Bertz CT molecular complexity index is 361. The van der Waals surface area contributed by atoms with E-state index in [0.717, 1.165) is 0 Å². The Balaban J connectivity index is 3.02. The highest BCUT2D eigenvalue weighted by atomic mass is 79.9. The number of nitrogens with zero attached hydrogens (tertiary/aromatic N) is 1. The van der Waals surface area contributed by atoms with E-state index in [-0.39, 0.29) is 17.4 Å². The van der Waals surface area contributed by atoms with Crippen molar-refractivity contribution in [3.63, 3.8) is 0 Å². The van der Waals surface area contributed by atoms with Crippen LogP contribution < -0.4 is 0 Å². The minimum atomic E-state index is -2.70. The maximum Gasteiger partial charge on any atom is 0.265 e. The number of hydrogen-bond acceptors (Lipinski definition) is 3. The Labute approximate surface area is 101 Å². The first-order valence-electron chi connectivity index (χ1n) is 4.68. The predicted octanol–water partition coefficient (Wildman–Crippen LogP) is 3.20. The SMILES string of the molecule is CC(C)OC(O)c1ncc(Br)cc1C(F)F. The van der Waals surface area contributed by atoms with Crippen molar-refractivity contribution in [1.82, 2.24) is 4.98 Å². The molecule has 0 aromatic carbocycles. The molecule has 16 heavy (non-hydrogen) atoms. The zero-order chi connectivity index (χ0) is 12.3. The van der Waals surface area contributed by atoms with Crippen molar-refractivity contribution < 1.29 is 18.6 Å². The fourth-order valence-corrected chi connectivity index (χ4v) is 1.52. The van der Waals surface area contributed by atoms with Gasteiger partial charge in [0.25, 0.3) is 6.43 Å². The number of halogens is 3. The van der Waals surface area contributed by atoms with E-state index in [1.807, 2.05) is 0 Å². The number of aliphatic hydroxyl groups excluding tert-OH is 1. The molecular formula is C10H12BrF2NO2. The monoisotopic (exact) mass is 295 g/mol. The van der Waals surface area contributed by atoms with Crippen LogP contribution in [0.15, 0.2) is 16.7 Å². The van der Waals surface area contributed by atoms with Crippen LogP contribution in [-0.4, -0.2) is 16.2 Å². The minimum Gasteiger partial charge on any atom is -0.363 e. The summed E-state index contributed by atoms with van der Waals surface area (Å²) in [6.07, 6.45) is -3.07. The summed E-state index contributed by atoms with van der Waals surface area (Å²) in [6, 6.07) is 1.22. The zero-order valence-electron chi connectivity index (χ0n) is 8.82. The van der Waals surface area contributed by atoms with E-state index in [0.29, 0.717) is 4.47 Å². The quantitative estimate of drug-likeness (QED) is 0.868. The Morgan fingerprint density at radius 1 is 1.44 bits per heavy atom. The van der Waals surface area contributed by atoms with E-state index in [1.54, 1.807) is 13.8 Å². The average Bonchev–Trinajstić information content (AvgIpc) is 2.16. The van der Waals surface area contributed by atoms with Crippen LogP contribution in [0.2, 0.25) is 0 Å². The standard InChI is InChI=1S/C10H12BrF2NO2/c1-5(2)16-10(15)8-7(9(12)13)3-6(11)4-14-8/h3-5,9-10,15H,1-2H3. The summed E-state index contributed by atoms with van der Waals surface area (Å²) in [7, 11) is 0. The molecule has 0 saturated carbocycles. The van der Waals surface area contributed by atoms with Gasteiger partial charge in [0, 0.05) is 16.2 Å². The van der Waals surface area contributed by atoms with Gasteiger partial charge in [-0.2, -0.15) is 0 Å². The third kappa shape index (κ3) is 3.47. The summed E-state index contributed by atoms with van der Waals surface area (Å²) < 4.78 is 30.8. The van der Waals surface area contributed by atoms with Gasteiger partial charge in [0.15, 0.2) is 6.29 Å². The zero-order valence-corrected chi connectivity index (χ0v) is 10.4. The molecular weight excluding hydrogens is 284 g/mol. The van der Waals surface area contributed by atoms with Gasteiger partial charge in [-0.25, -0.2) is 8.78 Å². The number of hydrogen-bond donors (Lipinski definition) is 1. The smallest absolute Gasteiger partial charge is 0.265 e. The van der Waals surface area contributed by atoms with E-state index in [9.17, 15) is 13.9 Å². The highest BCUT2D eigenvalue weighted by Crippen LogP contribution is 2.29. The Kier molecular flexibility index (Phi) is 4.76. The molecule has 90 valence electrons. The normalized spacial score (nSPS) is 13.5. The molecule has 1 aromatic heterocycles. The second-order valence-electron chi connectivity index (χ2n) is 3.47. The van der Waals surface area contributed by atoms with Crippen LogP contribution in [-0.2, 0) is 4.74 Å². The van der Waals surface area contributed by atoms with Crippen molar-refractivity contribution >= 4 is 15.9 Å². The summed E-state index contributed by atoms with van der Waals surface area (Å²) >= 11 is 3.05. The highest BCUT2D eigenvalue weighted by Gasteiger charge is 2.21. The van der Waals surface area contributed by atoms with Crippen molar-refractivity contribution in [1.29, 1.82) is 0 Å². The Hall–Kier alpha value is -0.590. The van der Waals surface area contributed by atoms with Gasteiger partial charge in [-0.3, -0.25) is 4.98 Å². The molecule has 0 aliphatic carbocycles. The molecule has 3 nitrogen and oxygen atoms in total. The molecule has 0 aliphatic rings. The summed E-state index contributed by atoms with van der Waals surface area (Å²) in [6.45, 7) is 3.40. The molecule has 0 saturated heterocycles. The molecule has 1 aromatic rings. The molecule has 1 unspecified atom stereocenters. The van der Waals surface area contributed by atoms with Crippen LogP contribution in [0.3, 0.4) is 0 Å². The van der Waals surface area contributed by atoms with Crippen molar-refractivity contribution in [3.05, 3.63) is 28.0 Å². The van der Waals surface area contributed by atoms with Crippen LogP contribution >= 0.6 is 15.9 Å². The van der Waals surface area contributed by atoms with E-state index in [1.165, 1.54) is 12.3 Å². The topological polar surface area (TPSA) is 42.4 Å². The molecule has 1 N–H and O–H groups in total. The van der Waals surface area contributed by atoms with Crippen molar-refractivity contribution in [2.75, 3.05) is 0 Å². The van der Waals surface area contributed by atoms with Crippen LogP contribution in [0.25, 0.3) is 0 Å². The number of alkyl halides is 2. The lowest BCUT2D eigenvalue weighted by Gasteiger charge is -2.17. The lowest BCUT2D eigenvalue weighted by molar-refractivity contribution is -0.132. The lowest BCUT2D eigenvalue weighted by atomic mass is 10.2. The number of aliphatic hydroxyl groups is 1. The summed E-state index contributed by atoms with van der Waals surface area (Å²) in [5, 5.41) is 9.58. The first-order chi connectivity index (χ1) is 7.41. The van der Waals surface area contributed by atoms with Gasteiger partial charge >= 0.3 is 0 Å². The summed E-state index contributed by atoms with van der Waals surface area (Å²) in [5.41, 5.74) is -0.477. The van der Waals surface area contributed by atoms with Crippen LogP contribution in [0, 0.1) is 0 Å². The van der Waals surface area contributed by atoms with Crippen molar-refractivity contribution in [2.24, 2.45) is 0 Å². The third-order valence-corrected chi connectivity index (χ3v) is 2.22. The lowest BCUT2D eigenvalue weighted by Crippen LogP contribution is -2.13. The number of aromatic nitrogens is 1. The van der Waals surface area contributed by atoms with Crippen molar-refractivity contribution in [3.8, 4) is 0 Å². The maximum atomic E-state index is 12.7. The first kappa shape index (κ1) is 13.5. The fourth-order valence-electron chi connectivity index (χ4n) is 1.17. The van der Waals surface area contributed by atoms with Crippen LogP contribution in [0.1, 0.15) is 37.8 Å². The van der Waals surface area contributed by atoms with E-state index in [2.05, 4.69) is 20.9 Å². The van der Waals surface area contributed by atoms with E-state index in [4.69, 9.17) is 4.74 Å². The van der Waals surface area contributed by atoms with Gasteiger partial charge in [-0.05, 0) is 35.8 Å². The molecule has 0 aliphatic heterocycles. The minimum absolute atomic E-state index is 0.146. The molecule has 0 bridgehead atoms. The van der Waals surface area contributed by atoms with Gasteiger partial charge in [0.05, 0.1) is 6.10 Å². The van der Waals surface area contributed by atoms with Gasteiger partial charge in [-0.1, -0.05) is 0 Å². The van der Waals surface area contributed by atoms with Gasteiger partial charge < -0.3 is 9.84 Å². The molecule has 0 radical (unpaired) electrons. The van der Waals surface area contributed by atoms with Crippen LogP contribution in [0.5, 0.6) is 0 Å². The summed E-state index contributed by atoms with van der Waals surface area (Å²) in [5.74, 6) is 0. The molecule has 1 rings (SSSR count). The Morgan fingerprint density at radius 2 is 2.06 bits per heavy atom. The number of rotatable bonds is 4. The number of pyridine rings is 1. The first-order valence-corrected chi connectivity index (χ1v) is 5.48. The molecule has 1 heterocycles. The largest absolute Gasteiger partial charge is 0.363 e. The van der Waals surface area contributed by atoms with Crippen molar-refractivity contribution in [2.45, 2.75) is 32.7 Å². The fraction of sp³-hybridized carbons (Fsp3) is 0.500. The van der Waals surface area contributed by atoms with E-state index < -0.39 is 12.7 Å². The highest BCUT2D eigenvalue weighted by molar-refractivity contribution is 9.10. The molecule has 0 spiro atoms. The summed E-state index contributed by atoms with van der Waals surface area (Å²) in [4.78, 5) is 3.75. The molecule has 6 heteroatoms. The molecule has 0 amide bonds. The van der Waals surface area contributed by atoms with Gasteiger partial charge in [0.2, 0.25) is 0 Å².